The van der Waals surface area contributed by atoms with Gasteiger partial charge in [-0.3, -0.25) is 4.79 Å². The molecular weight excluding hydrogens is 324 g/mol. The van der Waals surface area contributed by atoms with Crippen molar-refractivity contribution in [3.63, 3.8) is 0 Å². The molecule has 0 radical (unpaired) electrons. The van der Waals surface area contributed by atoms with Crippen molar-refractivity contribution in [1.29, 1.82) is 0 Å². The van der Waals surface area contributed by atoms with E-state index in [0.29, 0.717) is 23.4 Å². The minimum absolute atomic E-state index is 0.156. The third kappa shape index (κ3) is 3.28. The average Bonchev–Trinajstić information content (AvgIpc) is 3.02. The van der Waals surface area contributed by atoms with Crippen molar-refractivity contribution < 1.29 is 24.0 Å². The van der Waals surface area contributed by atoms with E-state index in [4.69, 9.17) is 9.26 Å². The lowest BCUT2D eigenvalue weighted by Crippen LogP contribution is -2.51. The highest BCUT2D eigenvalue weighted by atomic mass is 16.5. The smallest absolute Gasteiger partial charge is 0.328 e. The van der Waals surface area contributed by atoms with Gasteiger partial charge in [0.1, 0.15) is 23.1 Å². The van der Waals surface area contributed by atoms with E-state index in [0.717, 1.165) is 5.56 Å². The highest BCUT2D eigenvalue weighted by molar-refractivity contribution is 6.02. The predicted molar refractivity (Wildman–Crippen MR) is 88.8 cm³/mol. The summed E-state index contributed by atoms with van der Waals surface area (Å²) in [6.07, 6.45) is -0.0708. The molecule has 3 rings (SSSR count). The fourth-order valence-corrected chi connectivity index (χ4v) is 3.11. The molecule has 0 unspecified atom stereocenters. The fraction of sp³-hybridized carbons (Fsp3) is 0.389. The number of aliphatic hydroxyl groups is 1. The van der Waals surface area contributed by atoms with Crippen LogP contribution in [0.2, 0.25) is 0 Å². The molecule has 7 heteroatoms. The first-order valence-corrected chi connectivity index (χ1v) is 8.11. The second-order valence-corrected chi connectivity index (χ2v) is 6.04. The summed E-state index contributed by atoms with van der Waals surface area (Å²) >= 11 is 0. The molecule has 1 aromatic heterocycles. The molecule has 0 bridgehead atoms. The monoisotopic (exact) mass is 344 g/mol. The van der Waals surface area contributed by atoms with Gasteiger partial charge in [0.25, 0.3) is 5.91 Å². The number of nitrogens with zero attached hydrogens (tertiary/aromatic N) is 2. The van der Waals surface area contributed by atoms with Gasteiger partial charge in [-0.1, -0.05) is 35.5 Å². The van der Waals surface area contributed by atoms with Gasteiger partial charge in [-0.25, -0.2) is 4.79 Å². The van der Waals surface area contributed by atoms with Crippen molar-refractivity contribution in [2.24, 2.45) is 0 Å². The number of likely N-dealkylation sites (tertiary alicyclic amines) is 1. The molecule has 1 fully saturated rings. The Hall–Kier alpha value is -2.67. The van der Waals surface area contributed by atoms with Crippen LogP contribution in [0.3, 0.4) is 0 Å². The first kappa shape index (κ1) is 17.2. The topological polar surface area (TPSA) is 92.9 Å². The number of carbonyl (C=O) groups excluding carboxylic acids is 2. The molecule has 0 aliphatic carbocycles. The number of aromatic nitrogens is 1. The van der Waals surface area contributed by atoms with Crippen LogP contribution in [0.5, 0.6) is 0 Å². The van der Waals surface area contributed by atoms with E-state index in [1.165, 1.54) is 12.0 Å². The maximum atomic E-state index is 13.1. The summed E-state index contributed by atoms with van der Waals surface area (Å²) in [6, 6.07) is 8.43. The summed E-state index contributed by atoms with van der Waals surface area (Å²) in [5, 5.41) is 13.9. The quantitative estimate of drug-likeness (QED) is 0.853. The van der Waals surface area contributed by atoms with E-state index in [1.807, 2.05) is 30.3 Å². The Labute approximate surface area is 145 Å². The highest BCUT2D eigenvalue weighted by Crippen LogP contribution is 2.29. The molecule has 1 aliphatic rings. The third-order valence-electron chi connectivity index (χ3n) is 4.43. The van der Waals surface area contributed by atoms with E-state index in [-0.39, 0.29) is 18.9 Å². The molecule has 0 saturated carbocycles. The van der Waals surface area contributed by atoms with Crippen molar-refractivity contribution in [2.45, 2.75) is 31.9 Å². The molecule has 25 heavy (non-hydrogen) atoms. The molecular formula is C18H20N2O5. The zero-order valence-electron chi connectivity index (χ0n) is 14.1. The summed E-state index contributed by atoms with van der Waals surface area (Å²) in [6.45, 7) is 1.93. The summed E-state index contributed by atoms with van der Waals surface area (Å²) in [4.78, 5) is 26.7. The fourth-order valence-electron chi connectivity index (χ4n) is 3.11. The molecule has 2 atom stereocenters. The number of rotatable bonds is 3. The van der Waals surface area contributed by atoms with E-state index >= 15 is 0 Å². The number of piperidine rings is 1. The van der Waals surface area contributed by atoms with E-state index in [1.54, 1.807) is 6.92 Å². The number of hydrogen-bond donors (Lipinski definition) is 1. The number of aryl methyl sites for hydroxylation is 1. The molecule has 2 heterocycles. The molecule has 132 valence electrons. The first-order valence-electron chi connectivity index (χ1n) is 8.11. The van der Waals surface area contributed by atoms with Crippen molar-refractivity contribution in [3.05, 3.63) is 41.7 Å². The summed E-state index contributed by atoms with van der Waals surface area (Å²) in [5.74, 6) is -0.499. The highest BCUT2D eigenvalue weighted by Gasteiger charge is 2.38. The van der Waals surface area contributed by atoms with Crippen LogP contribution in [-0.4, -0.2) is 52.8 Å². The standard InChI is InChI=1S/C18H20N2O5/c1-11-15(16(19-25-11)12-6-4-3-5-7-12)17(22)20-9-8-13(21)10-14(20)18(23)24-2/h3-7,13-14,21H,8-10H2,1-2H3/t13-,14+/m1/s1. The van der Waals surface area contributed by atoms with Gasteiger partial charge in [0.2, 0.25) is 0 Å². The molecule has 1 aliphatic heterocycles. The minimum Gasteiger partial charge on any atom is -0.467 e. The molecule has 1 amide bonds. The Balaban J connectivity index is 1.98. The Bertz CT molecular complexity index is 771. The van der Waals surface area contributed by atoms with Gasteiger partial charge in [-0.05, 0) is 13.3 Å². The normalized spacial score (nSPS) is 20.4. The lowest BCUT2D eigenvalue weighted by Gasteiger charge is -2.36. The van der Waals surface area contributed by atoms with E-state index in [2.05, 4.69) is 5.16 Å². The van der Waals surface area contributed by atoms with Gasteiger partial charge in [0.15, 0.2) is 0 Å². The lowest BCUT2D eigenvalue weighted by atomic mass is 9.97. The number of aliphatic hydroxyl groups excluding tert-OH is 1. The molecule has 1 aromatic carbocycles. The van der Waals surface area contributed by atoms with Gasteiger partial charge in [0, 0.05) is 18.5 Å². The van der Waals surface area contributed by atoms with E-state index < -0.39 is 18.1 Å². The largest absolute Gasteiger partial charge is 0.467 e. The third-order valence-corrected chi connectivity index (χ3v) is 4.43. The Morgan fingerprint density at radius 2 is 2.04 bits per heavy atom. The van der Waals surface area contributed by atoms with Gasteiger partial charge in [-0.15, -0.1) is 0 Å². The van der Waals surface area contributed by atoms with Crippen LogP contribution in [0, 0.1) is 6.92 Å². The van der Waals surface area contributed by atoms with Gasteiger partial charge in [0.05, 0.1) is 13.2 Å². The van der Waals surface area contributed by atoms with Crippen molar-refractivity contribution in [2.75, 3.05) is 13.7 Å². The summed E-state index contributed by atoms with van der Waals surface area (Å²) in [5.41, 5.74) is 1.53. The molecule has 0 spiro atoms. The van der Waals surface area contributed by atoms with Crippen LogP contribution in [0.25, 0.3) is 11.3 Å². The van der Waals surface area contributed by atoms with Gasteiger partial charge >= 0.3 is 5.97 Å². The van der Waals surface area contributed by atoms with Crippen LogP contribution in [0.1, 0.15) is 29.0 Å². The van der Waals surface area contributed by atoms with Crippen molar-refractivity contribution >= 4 is 11.9 Å². The minimum atomic E-state index is -0.820. The number of hydrogen-bond acceptors (Lipinski definition) is 6. The second-order valence-electron chi connectivity index (χ2n) is 6.04. The average molecular weight is 344 g/mol. The van der Waals surface area contributed by atoms with Crippen LogP contribution in [0.4, 0.5) is 0 Å². The van der Waals surface area contributed by atoms with Crippen LogP contribution in [-0.2, 0) is 9.53 Å². The number of methoxy groups -OCH3 is 1. The van der Waals surface area contributed by atoms with Crippen molar-refractivity contribution in [1.82, 2.24) is 10.1 Å². The van der Waals surface area contributed by atoms with Crippen LogP contribution in [0.15, 0.2) is 34.9 Å². The van der Waals surface area contributed by atoms with Gasteiger partial charge < -0.3 is 19.3 Å². The Kier molecular flexibility index (Phi) is 4.85. The second kappa shape index (κ2) is 7.06. The summed E-state index contributed by atoms with van der Waals surface area (Å²) < 4.78 is 10.0. The number of esters is 1. The summed E-state index contributed by atoms with van der Waals surface area (Å²) in [7, 11) is 1.27. The first-order chi connectivity index (χ1) is 12.0. The molecule has 1 saturated heterocycles. The number of benzene rings is 1. The Morgan fingerprint density at radius 1 is 1.32 bits per heavy atom. The van der Waals surface area contributed by atoms with Crippen LogP contribution >= 0.6 is 0 Å². The number of amides is 1. The SMILES string of the molecule is COC(=O)[C@@H]1C[C@H](O)CCN1C(=O)c1c(-c2ccccc2)noc1C. The molecule has 1 N–H and O–H groups in total. The number of carbonyl (C=O) groups is 2. The molecule has 7 nitrogen and oxygen atoms in total. The maximum Gasteiger partial charge on any atom is 0.328 e. The molecule has 2 aromatic rings. The Morgan fingerprint density at radius 3 is 2.72 bits per heavy atom. The zero-order valence-corrected chi connectivity index (χ0v) is 14.1. The maximum absolute atomic E-state index is 13.1. The lowest BCUT2D eigenvalue weighted by molar-refractivity contribution is -0.148. The number of ether oxygens (including phenoxy) is 1. The van der Waals surface area contributed by atoms with Crippen LogP contribution < -0.4 is 0 Å². The van der Waals surface area contributed by atoms with Gasteiger partial charge in [-0.2, -0.15) is 0 Å². The zero-order chi connectivity index (χ0) is 18.0. The predicted octanol–water partition coefficient (Wildman–Crippen LogP) is 1.79. The van der Waals surface area contributed by atoms with Crippen molar-refractivity contribution in [3.8, 4) is 11.3 Å². The van der Waals surface area contributed by atoms with E-state index in [9.17, 15) is 14.7 Å².